The van der Waals surface area contributed by atoms with Crippen molar-refractivity contribution in [1.29, 1.82) is 0 Å². The molecule has 0 saturated carbocycles. The molecule has 0 aliphatic heterocycles. The third-order valence-corrected chi connectivity index (χ3v) is 4.99. The second-order valence-electron chi connectivity index (χ2n) is 8.48. The van der Waals surface area contributed by atoms with E-state index in [0.29, 0.717) is 35.5 Å². The zero-order chi connectivity index (χ0) is 23.3. The number of carbonyl (C=O) groups is 2. The van der Waals surface area contributed by atoms with E-state index in [1.165, 1.54) is 7.11 Å². The summed E-state index contributed by atoms with van der Waals surface area (Å²) in [4.78, 5) is 28.4. The van der Waals surface area contributed by atoms with Gasteiger partial charge in [0.05, 0.1) is 19.2 Å². The van der Waals surface area contributed by atoms with Crippen molar-refractivity contribution in [2.75, 3.05) is 12.4 Å². The predicted octanol–water partition coefficient (Wildman–Crippen LogP) is 5.60. The average molecular weight is 435 g/mol. The van der Waals surface area contributed by atoms with Gasteiger partial charge in [-0.05, 0) is 56.0 Å². The van der Waals surface area contributed by atoms with Crippen molar-refractivity contribution in [2.24, 2.45) is 0 Å². The van der Waals surface area contributed by atoms with Crippen molar-refractivity contribution in [3.05, 3.63) is 77.1 Å². The summed E-state index contributed by atoms with van der Waals surface area (Å²) >= 11 is 0. The highest BCUT2D eigenvalue weighted by atomic mass is 16.6. The molecule has 3 rings (SSSR count). The maximum atomic E-state index is 12.7. The third kappa shape index (κ3) is 5.38. The lowest BCUT2D eigenvalue weighted by atomic mass is 10.0. The Morgan fingerprint density at radius 1 is 0.938 bits per heavy atom. The first-order chi connectivity index (χ1) is 15.2. The number of aromatic amines is 1. The van der Waals surface area contributed by atoms with Crippen LogP contribution in [0, 0.1) is 0 Å². The van der Waals surface area contributed by atoms with Crippen LogP contribution in [0.2, 0.25) is 0 Å². The lowest BCUT2D eigenvalue weighted by Gasteiger charge is -2.19. The Hall–Kier alpha value is -3.54. The summed E-state index contributed by atoms with van der Waals surface area (Å²) in [5.74, 6) is -0.970. The second-order valence-corrected chi connectivity index (χ2v) is 8.48. The summed E-state index contributed by atoms with van der Waals surface area (Å²) in [6.07, 6.45) is 0.487. The Balaban J connectivity index is 1.85. The fourth-order valence-electron chi connectivity index (χ4n) is 3.54. The van der Waals surface area contributed by atoms with Crippen LogP contribution in [-0.4, -0.2) is 29.6 Å². The molecule has 3 aromatic rings. The van der Waals surface area contributed by atoms with Gasteiger partial charge in [-0.3, -0.25) is 0 Å². The molecule has 0 spiro atoms. The van der Waals surface area contributed by atoms with Crippen molar-refractivity contribution in [2.45, 2.75) is 46.3 Å². The standard InChI is InChI=1S/C26H30N2O4/c1-6-20-22(24(29)31-5)21(28-23(20)25(30)32-26(2,3)4)16-27-19-14-12-18(13-15-19)17-10-8-7-9-11-17/h7-15,27-28H,6,16H2,1-5H3. The normalized spacial score (nSPS) is 11.2. The molecule has 0 amide bonds. The van der Waals surface area contributed by atoms with Gasteiger partial charge in [-0.2, -0.15) is 0 Å². The fourth-order valence-corrected chi connectivity index (χ4v) is 3.54. The van der Waals surface area contributed by atoms with Crippen LogP contribution in [0.1, 0.15) is 59.8 Å². The summed E-state index contributed by atoms with van der Waals surface area (Å²) in [6, 6.07) is 18.2. The number of carbonyl (C=O) groups excluding carboxylic acids is 2. The first kappa shape index (κ1) is 23.1. The first-order valence-corrected chi connectivity index (χ1v) is 10.7. The minimum Gasteiger partial charge on any atom is -0.465 e. The molecule has 0 atom stereocenters. The van der Waals surface area contributed by atoms with E-state index >= 15 is 0 Å². The first-order valence-electron chi connectivity index (χ1n) is 10.7. The van der Waals surface area contributed by atoms with E-state index in [1.54, 1.807) is 0 Å². The van der Waals surface area contributed by atoms with E-state index < -0.39 is 17.5 Å². The lowest BCUT2D eigenvalue weighted by molar-refractivity contribution is 0.00622. The summed E-state index contributed by atoms with van der Waals surface area (Å²) < 4.78 is 10.5. The van der Waals surface area contributed by atoms with Crippen LogP contribution in [0.15, 0.2) is 54.6 Å². The number of rotatable bonds is 7. The van der Waals surface area contributed by atoms with Crippen LogP contribution in [0.3, 0.4) is 0 Å². The molecule has 1 heterocycles. The molecule has 0 fully saturated rings. The molecule has 32 heavy (non-hydrogen) atoms. The van der Waals surface area contributed by atoms with E-state index in [0.717, 1.165) is 16.8 Å². The number of nitrogens with one attached hydrogen (secondary N) is 2. The molecule has 0 saturated heterocycles. The van der Waals surface area contributed by atoms with Gasteiger partial charge in [0.1, 0.15) is 11.3 Å². The van der Waals surface area contributed by atoms with Gasteiger partial charge >= 0.3 is 11.9 Å². The summed E-state index contributed by atoms with van der Waals surface area (Å²) in [6.45, 7) is 7.64. The molecule has 2 N–H and O–H groups in total. The number of H-pyrrole nitrogens is 1. The molecule has 6 heteroatoms. The Kier molecular flexibility index (Phi) is 7.03. The predicted molar refractivity (Wildman–Crippen MR) is 126 cm³/mol. The number of esters is 2. The van der Waals surface area contributed by atoms with Crippen molar-refractivity contribution in [3.8, 4) is 11.1 Å². The van der Waals surface area contributed by atoms with Gasteiger partial charge in [0.2, 0.25) is 0 Å². The maximum Gasteiger partial charge on any atom is 0.355 e. The SMILES string of the molecule is CCc1c(C(=O)OC(C)(C)C)[nH]c(CNc2ccc(-c3ccccc3)cc2)c1C(=O)OC. The third-order valence-electron chi connectivity index (χ3n) is 4.99. The highest BCUT2D eigenvalue weighted by molar-refractivity contribution is 5.99. The van der Waals surface area contributed by atoms with Gasteiger partial charge in [-0.25, -0.2) is 9.59 Å². The van der Waals surface area contributed by atoms with E-state index in [9.17, 15) is 9.59 Å². The second kappa shape index (κ2) is 9.73. The number of benzene rings is 2. The van der Waals surface area contributed by atoms with E-state index in [4.69, 9.17) is 9.47 Å². The molecule has 2 aromatic carbocycles. The lowest BCUT2D eigenvalue weighted by Crippen LogP contribution is -2.24. The zero-order valence-electron chi connectivity index (χ0n) is 19.2. The largest absolute Gasteiger partial charge is 0.465 e. The summed E-state index contributed by atoms with van der Waals surface area (Å²) in [5.41, 5.74) is 4.37. The monoisotopic (exact) mass is 434 g/mol. The topological polar surface area (TPSA) is 80.4 Å². The Morgan fingerprint density at radius 3 is 2.12 bits per heavy atom. The molecular formula is C26H30N2O4. The van der Waals surface area contributed by atoms with Crippen LogP contribution in [0.25, 0.3) is 11.1 Å². The molecule has 0 aliphatic rings. The fraction of sp³-hybridized carbons (Fsp3) is 0.308. The molecule has 0 aliphatic carbocycles. The molecule has 0 unspecified atom stereocenters. The van der Waals surface area contributed by atoms with E-state index in [2.05, 4.69) is 22.4 Å². The molecular weight excluding hydrogens is 404 g/mol. The molecule has 168 valence electrons. The van der Waals surface area contributed by atoms with Gasteiger partial charge in [0.25, 0.3) is 0 Å². The Bertz CT molecular complexity index is 1080. The van der Waals surface area contributed by atoms with Crippen molar-refractivity contribution >= 4 is 17.6 Å². The van der Waals surface area contributed by atoms with E-state index in [1.807, 2.05) is 70.2 Å². The Labute approximate surface area is 189 Å². The summed E-state index contributed by atoms with van der Waals surface area (Å²) in [5, 5.41) is 3.32. The van der Waals surface area contributed by atoms with Gasteiger partial charge in [-0.1, -0.05) is 49.4 Å². The van der Waals surface area contributed by atoms with Gasteiger partial charge in [-0.15, -0.1) is 0 Å². The number of methoxy groups -OCH3 is 1. The smallest absolute Gasteiger partial charge is 0.355 e. The van der Waals surface area contributed by atoms with E-state index in [-0.39, 0.29) is 0 Å². The van der Waals surface area contributed by atoms with Crippen LogP contribution >= 0.6 is 0 Å². The van der Waals surface area contributed by atoms with Crippen molar-refractivity contribution < 1.29 is 19.1 Å². The van der Waals surface area contributed by atoms with Crippen LogP contribution in [0.4, 0.5) is 5.69 Å². The van der Waals surface area contributed by atoms with Gasteiger partial charge in [0, 0.05) is 11.4 Å². The minimum atomic E-state index is -0.641. The number of anilines is 1. The number of aromatic nitrogens is 1. The van der Waals surface area contributed by atoms with Crippen LogP contribution in [-0.2, 0) is 22.4 Å². The zero-order valence-corrected chi connectivity index (χ0v) is 19.2. The number of hydrogen-bond donors (Lipinski definition) is 2. The maximum absolute atomic E-state index is 12.7. The quantitative estimate of drug-likeness (QED) is 0.473. The Morgan fingerprint density at radius 2 is 1.56 bits per heavy atom. The summed E-state index contributed by atoms with van der Waals surface area (Å²) in [7, 11) is 1.33. The van der Waals surface area contributed by atoms with Crippen LogP contribution in [0.5, 0.6) is 0 Å². The number of hydrogen-bond acceptors (Lipinski definition) is 5. The number of ether oxygens (including phenoxy) is 2. The van der Waals surface area contributed by atoms with Gasteiger partial charge < -0.3 is 19.8 Å². The van der Waals surface area contributed by atoms with Gasteiger partial charge in [0.15, 0.2) is 0 Å². The highest BCUT2D eigenvalue weighted by Crippen LogP contribution is 2.26. The molecule has 6 nitrogen and oxygen atoms in total. The highest BCUT2D eigenvalue weighted by Gasteiger charge is 2.28. The molecule has 0 bridgehead atoms. The molecule has 1 aromatic heterocycles. The van der Waals surface area contributed by atoms with Crippen molar-refractivity contribution in [1.82, 2.24) is 4.98 Å². The average Bonchev–Trinajstić information content (AvgIpc) is 3.16. The van der Waals surface area contributed by atoms with Crippen LogP contribution < -0.4 is 5.32 Å². The molecule has 0 radical (unpaired) electrons. The van der Waals surface area contributed by atoms with Crippen molar-refractivity contribution in [3.63, 3.8) is 0 Å². The minimum absolute atomic E-state index is 0.291.